The van der Waals surface area contributed by atoms with Gasteiger partial charge in [-0.1, -0.05) is 89.7 Å². The molecule has 0 radical (unpaired) electrons. The van der Waals surface area contributed by atoms with Crippen LogP contribution >= 0.6 is 0 Å². The number of aliphatic imine (C=N–C) groups is 1. The number of carbonyl (C=O) groups excluding carboxylic acids is 1. The minimum absolute atomic E-state index is 0.0508. The Labute approximate surface area is 199 Å². The largest absolute Gasteiger partial charge is 0.307 e. The fourth-order valence-electron chi connectivity index (χ4n) is 5.12. The Hall–Kier alpha value is -1.16. The monoisotopic (exact) mass is 448 g/mol. The van der Waals surface area contributed by atoms with Gasteiger partial charge in [-0.05, 0) is 32.6 Å². The lowest BCUT2D eigenvalue weighted by atomic mass is 10.0. The van der Waals surface area contributed by atoms with Gasteiger partial charge in [0.15, 0.2) is 12.3 Å². The van der Waals surface area contributed by atoms with Crippen LogP contribution in [-0.2, 0) is 4.79 Å². The number of hydrogen-bond acceptors (Lipinski definition) is 2. The number of unbranched alkanes of at least 4 members (excludes halogenated alkanes) is 13. The molecular weight excluding hydrogens is 394 g/mol. The van der Waals surface area contributed by atoms with Crippen molar-refractivity contribution in [3.63, 3.8) is 0 Å². The molecule has 0 fully saturated rings. The molecule has 1 rings (SSSR count). The summed E-state index contributed by atoms with van der Waals surface area (Å²) in [6, 6.07) is 0. The van der Waals surface area contributed by atoms with E-state index in [1.165, 1.54) is 89.9 Å². The number of rotatable bonds is 20. The highest BCUT2D eigenvalue weighted by Gasteiger charge is 2.42. The van der Waals surface area contributed by atoms with E-state index in [9.17, 15) is 4.79 Å². The first-order valence-electron chi connectivity index (χ1n) is 13.9. The van der Waals surface area contributed by atoms with Crippen LogP contribution in [0.25, 0.3) is 0 Å². The zero-order valence-corrected chi connectivity index (χ0v) is 21.9. The smallest absolute Gasteiger partial charge is 0.221 e. The van der Waals surface area contributed by atoms with Gasteiger partial charge in [0.05, 0.1) is 12.8 Å². The first-order valence-corrected chi connectivity index (χ1v) is 13.9. The van der Waals surface area contributed by atoms with Gasteiger partial charge in [-0.25, -0.2) is 4.99 Å². The summed E-state index contributed by atoms with van der Waals surface area (Å²) >= 11 is 0. The van der Waals surface area contributed by atoms with Gasteiger partial charge in [0, 0.05) is 20.3 Å². The number of carbonyl (C=O) groups is 1. The molecule has 1 aliphatic heterocycles. The van der Waals surface area contributed by atoms with E-state index in [0.29, 0.717) is 0 Å². The van der Waals surface area contributed by atoms with Crippen LogP contribution in [0.1, 0.15) is 130 Å². The van der Waals surface area contributed by atoms with Gasteiger partial charge in [-0.2, -0.15) is 0 Å². The number of nitrogens with one attached hydrogen (secondary N) is 1. The second-order valence-corrected chi connectivity index (χ2v) is 9.87. The molecule has 0 aliphatic carbocycles. The topological polar surface area (TPSA) is 41.5 Å². The number of amides is 1. The first kappa shape index (κ1) is 28.9. The van der Waals surface area contributed by atoms with Gasteiger partial charge >= 0.3 is 0 Å². The van der Waals surface area contributed by atoms with Crippen LogP contribution in [0.2, 0.25) is 0 Å². The predicted octanol–water partition coefficient (Wildman–Crippen LogP) is 7.53. The molecule has 0 aromatic heterocycles. The SMILES string of the molecule is CCCCCCCCCCCCCC/C=C/CCCC1N=CC[N+]1(CC)C(C)NC(C)=O. The lowest BCUT2D eigenvalue weighted by Gasteiger charge is -2.42. The second kappa shape index (κ2) is 18.3. The van der Waals surface area contributed by atoms with Gasteiger partial charge < -0.3 is 5.32 Å². The fraction of sp³-hybridized carbons (Fsp3) is 0.857. The third-order valence-electron chi connectivity index (χ3n) is 7.29. The van der Waals surface area contributed by atoms with E-state index in [4.69, 9.17) is 4.99 Å². The average molecular weight is 449 g/mol. The van der Waals surface area contributed by atoms with Crippen molar-refractivity contribution in [1.29, 1.82) is 0 Å². The quantitative estimate of drug-likeness (QED) is 0.117. The normalized spacial score (nSPS) is 21.4. The third-order valence-corrected chi connectivity index (χ3v) is 7.29. The maximum absolute atomic E-state index is 11.5. The first-order chi connectivity index (χ1) is 15.6. The highest BCUT2D eigenvalue weighted by molar-refractivity contribution is 5.73. The highest BCUT2D eigenvalue weighted by atomic mass is 16.1. The van der Waals surface area contributed by atoms with Gasteiger partial charge in [0.25, 0.3) is 0 Å². The fourth-order valence-corrected chi connectivity index (χ4v) is 5.12. The summed E-state index contributed by atoms with van der Waals surface area (Å²) < 4.78 is 0.863. The Kier molecular flexibility index (Phi) is 16.5. The maximum atomic E-state index is 11.5. The molecule has 1 aliphatic rings. The summed E-state index contributed by atoms with van der Waals surface area (Å²) in [4.78, 5) is 16.3. The zero-order valence-electron chi connectivity index (χ0n) is 21.9. The summed E-state index contributed by atoms with van der Waals surface area (Å²) in [5, 5.41) is 3.10. The number of quaternary nitrogens is 1. The Bertz CT molecular complexity index is 531. The Morgan fingerprint density at radius 1 is 0.938 bits per heavy atom. The molecule has 0 spiro atoms. The zero-order chi connectivity index (χ0) is 23.5. The molecule has 1 amide bonds. The lowest BCUT2D eigenvalue weighted by Crippen LogP contribution is -2.63. The number of allylic oxidation sites excluding steroid dienone is 2. The molecule has 0 bridgehead atoms. The van der Waals surface area contributed by atoms with E-state index in [0.717, 1.165) is 30.4 Å². The van der Waals surface area contributed by atoms with Crippen molar-refractivity contribution in [2.75, 3.05) is 13.1 Å². The molecule has 0 saturated carbocycles. The summed E-state index contributed by atoms with van der Waals surface area (Å²) in [6.07, 6.45) is 28.8. The Balaban J connectivity index is 2.02. The van der Waals surface area contributed by atoms with Crippen molar-refractivity contribution < 1.29 is 9.28 Å². The van der Waals surface area contributed by atoms with Gasteiger partial charge in [0.1, 0.15) is 6.54 Å². The minimum Gasteiger partial charge on any atom is -0.307 e. The van der Waals surface area contributed by atoms with E-state index in [1.54, 1.807) is 6.92 Å². The van der Waals surface area contributed by atoms with Gasteiger partial charge in [-0.15, -0.1) is 0 Å². The summed E-state index contributed by atoms with van der Waals surface area (Å²) in [7, 11) is 0. The van der Waals surface area contributed by atoms with Gasteiger partial charge in [-0.3, -0.25) is 9.28 Å². The van der Waals surface area contributed by atoms with Crippen LogP contribution in [0.4, 0.5) is 0 Å². The maximum Gasteiger partial charge on any atom is 0.221 e. The number of hydrogen-bond donors (Lipinski definition) is 1. The molecule has 186 valence electrons. The van der Waals surface area contributed by atoms with Crippen molar-refractivity contribution in [1.82, 2.24) is 5.32 Å². The third kappa shape index (κ3) is 11.6. The average Bonchev–Trinajstić information content (AvgIpc) is 3.19. The van der Waals surface area contributed by atoms with Crippen LogP contribution in [0.5, 0.6) is 0 Å². The van der Waals surface area contributed by atoms with Crippen LogP contribution in [0.15, 0.2) is 17.1 Å². The van der Waals surface area contributed by atoms with Crippen molar-refractivity contribution in [2.24, 2.45) is 4.99 Å². The molecule has 32 heavy (non-hydrogen) atoms. The van der Waals surface area contributed by atoms with Crippen LogP contribution < -0.4 is 5.32 Å². The molecule has 1 heterocycles. The summed E-state index contributed by atoms with van der Waals surface area (Å²) in [5.41, 5.74) is 0. The molecule has 0 aromatic carbocycles. The standard InChI is InChI=1S/C28H53N3O/c1-5-7-8-9-10-11-12-13-14-15-16-17-18-19-20-21-22-23-28-29-24-25-31(28,6-2)26(3)30-27(4)32/h19-20,24,26,28H,5-18,21-23,25H2,1-4H3/p+1/b20-19+. The molecule has 0 saturated heterocycles. The van der Waals surface area contributed by atoms with Crippen LogP contribution in [0, 0.1) is 0 Å². The van der Waals surface area contributed by atoms with Crippen molar-refractivity contribution in [3.05, 3.63) is 12.2 Å². The highest BCUT2D eigenvalue weighted by Crippen LogP contribution is 2.26. The molecule has 4 heteroatoms. The molecule has 3 atom stereocenters. The second-order valence-electron chi connectivity index (χ2n) is 9.87. The van der Waals surface area contributed by atoms with Crippen molar-refractivity contribution in [2.45, 2.75) is 143 Å². The van der Waals surface area contributed by atoms with Crippen molar-refractivity contribution >= 4 is 12.1 Å². The lowest BCUT2D eigenvalue weighted by molar-refractivity contribution is -0.959. The molecule has 0 aromatic rings. The Morgan fingerprint density at radius 2 is 1.47 bits per heavy atom. The van der Waals surface area contributed by atoms with Crippen LogP contribution in [-0.4, -0.2) is 42.0 Å². The summed E-state index contributed by atoms with van der Waals surface area (Å²) in [5.74, 6) is 0.0508. The molecule has 3 unspecified atom stereocenters. The van der Waals surface area contributed by atoms with E-state index in [-0.39, 0.29) is 18.2 Å². The molecule has 1 N–H and O–H groups in total. The Morgan fingerprint density at radius 3 is 2.00 bits per heavy atom. The minimum atomic E-state index is 0.0508. The molecule has 4 nitrogen and oxygen atoms in total. The predicted molar refractivity (Wildman–Crippen MR) is 140 cm³/mol. The van der Waals surface area contributed by atoms with Gasteiger partial charge in [0.2, 0.25) is 5.91 Å². The summed E-state index contributed by atoms with van der Waals surface area (Å²) in [6.45, 7) is 10.2. The number of nitrogens with zero attached hydrogens (tertiary/aromatic N) is 2. The van der Waals surface area contributed by atoms with Crippen LogP contribution in [0.3, 0.4) is 0 Å². The van der Waals surface area contributed by atoms with E-state index >= 15 is 0 Å². The molecular formula is C28H54N3O+. The van der Waals surface area contributed by atoms with E-state index in [2.05, 4.69) is 44.5 Å². The van der Waals surface area contributed by atoms with Crippen molar-refractivity contribution in [3.8, 4) is 0 Å². The van der Waals surface area contributed by atoms with E-state index < -0.39 is 0 Å². The van der Waals surface area contributed by atoms with E-state index in [1.807, 2.05) is 0 Å².